The molecule has 152 valence electrons. The van der Waals surface area contributed by atoms with Crippen LogP contribution in [0.2, 0.25) is 0 Å². The van der Waals surface area contributed by atoms with E-state index >= 15 is 0 Å². The summed E-state index contributed by atoms with van der Waals surface area (Å²) in [6.07, 6.45) is 5.25. The summed E-state index contributed by atoms with van der Waals surface area (Å²) in [5.74, 6) is 2.61. The Balaban J connectivity index is 1.50. The summed E-state index contributed by atoms with van der Waals surface area (Å²) in [6, 6.07) is 16.8. The number of hydrogen-bond donors (Lipinski definition) is 1. The van der Waals surface area contributed by atoms with Gasteiger partial charge in [0, 0.05) is 18.5 Å². The van der Waals surface area contributed by atoms with Gasteiger partial charge < -0.3 is 19.9 Å². The lowest BCUT2D eigenvalue weighted by Crippen LogP contribution is -2.15. The van der Waals surface area contributed by atoms with Gasteiger partial charge in [0.25, 0.3) is 0 Å². The van der Waals surface area contributed by atoms with Crippen LogP contribution in [-0.4, -0.2) is 19.8 Å². The standard InChI is InChI=1S/C26H25NO3/c1-17-19(5-6-21-13-18(16-27)14-22-9-10-30-26(21)22)3-2-4-23(17)20-7-8-24-25(15-20)29-12-11-28-24/h2-8,13-15H,9-12,16,27H2,1H3/b6-5+. The molecule has 5 rings (SSSR count). The van der Waals surface area contributed by atoms with E-state index in [1.54, 1.807) is 0 Å². The van der Waals surface area contributed by atoms with Gasteiger partial charge in [0.15, 0.2) is 11.5 Å². The molecule has 4 nitrogen and oxygen atoms in total. The smallest absolute Gasteiger partial charge is 0.161 e. The second-order valence-electron chi connectivity index (χ2n) is 7.69. The first-order valence-electron chi connectivity index (χ1n) is 10.4. The average Bonchev–Trinajstić information content (AvgIpc) is 3.26. The highest BCUT2D eigenvalue weighted by molar-refractivity contribution is 5.80. The van der Waals surface area contributed by atoms with Crippen LogP contribution in [-0.2, 0) is 13.0 Å². The summed E-state index contributed by atoms with van der Waals surface area (Å²) < 4.78 is 17.3. The zero-order chi connectivity index (χ0) is 20.5. The summed E-state index contributed by atoms with van der Waals surface area (Å²) in [4.78, 5) is 0. The Labute approximate surface area is 176 Å². The summed E-state index contributed by atoms with van der Waals surface area (Å²) in [5, 5.41) is 0. The van der Waals surface area contributed by atoms with Crippen LogP contribution >= 0.6 is 0 Å². The van der Waals surface area contributed by atoms with Crippen molar-refractivity contribution in [3.8, 4) is 28.4 Å². The first kappa shape index (κ1) is 18.8. The van der Waals surface area contributed by atoms with Crippen molar-refractivity contribution in [2.24, 2.45) is 5.73 Å². The van der Waals surface area contributed by atoms with Crippen molar-refractivity contribution in [2.45, 2.75) is 19.9 Å². The first-order valence-corrected chi connectivity index (χ1v) is 10.4. The van der Waals surface area contributed by atoms with Gasteiger partial charge in [-0.15, -0.1) is 0 Å². The average molecular weight is 399 g/mol. The third-order valence-electron chi connectivity index (χ3n) is 5.78. The second-order valence-corrected chi connectivity index (χ2v) is 7.69. The topological polar surface area (TPSA) is 53.7 Å². The van der Waals surface area contributed by atoms with Crippen LogP contribution in [0.1, 0.15) is 27.8 Å². The lowest BCUT2D eigenvalue weighted by Gasteiger charge is -2.19. The number of rotatable bonds is 4. The van der Waals surface area contributed by atoms with Gasteiger partial charge in [0.1, 0.15) is 19.0 Å². The minimum absolute atomic E-state index is 0.534. The third-order valence-corrected chi connectivity index (χ3v) is 5.78. The Morgan fingerprint density at radius 2 is 1.70 bits per heavy atom. The molecule has 0 aromatic heterocycles. The molecule has 0 aliphatic carbocycles. The Morgan fingerprint density at radius 1 is 0.867 bits per heavy atom. The maximum absolute atomic E-state index is 5.89. The highest BCUT2D eigenvalue weighted by Gasteiger charge is 2.17. The number of ether oxygens (including phenoxy) is 3. The fourth-order valence-electron chi connectivity index (χ4n) is 4.19. The van der Waals surface area contributed by atoms with Gasteiger partial charge >= 0.3 is 0 Å². The number of hydrogen-bond acceptors (Lipinski definition) is 4. The third kappa shape index (κ3) is 3.44. The normalized spacial score (nSPS) is 14.6. The highest BCUT2D eigenvalue weighted by Crippen LogP contribution is 2.37. The van der Waals surface area contributed by atoms with Crippen LogP contribution in [0.25, 0.3) is 23.3 Å². The van der Waals surface area contributed by atoms with E-state index < -0.39 is 0 Å². The minimum atomic E-state index is 0.534. The quantitative estimate of drug-likeness (QED) is 0.628. The van der Waals surface area contributed by atoms with Crippen LogP contribution in [0, 0.1) is 6.92 Å². The lowest BCUT2D eigenvalue weighted by molar-refractivity contribution is 0.171. The van der Waals surface area contributed by atoms with Crippen molar-refractivity contribution in [1.29, 1.82) is 0 Å². The molecule has 0 amide bonds. The molecular weight excluding hydrogens is 374 g/mol. The fourth-order valence-corrected chi connectivity index (χ4v) is 4.19. The zero-order valence-electron chi connectivity index (χ0n) is 17.1. The summed E-state index contributed by atoms with van der Waals surface area (Å²) >= 11 is 0. The van der Waals surface area contributed by atoms with E-state index in [0.717, 1.165) is 47.0 Å². The predicted molar refractivity (Wildman–Crippen MR) is 120 cm³/mol. The molecular formula is C26H25NO3. The molecule has 2 aliphatic heterocycles. The van der Waals surface area contributed by atoms with Crippen molar-refractivity contribution >= 4 is 12.2 Å². The maximum Gasteiger partial charge on any atom is 0.161 e. The van der Waals surface area contributed by atoms with Gasteiger partial charge in [-0.3, -0.25) is 0 Å². The van der Waals surface area contributed by atoms with Gasteiger partial charge in [-0.05, 0) is 58.5 Å². The van der Waals surface area contributed by atoms with Crippen molar-refractivity contribution in [3.05, 3.63) is 76.3 Å². The summed E-state index contributed by atoms with van der Waals surface area (Å²) in [5.41, 5.74) is 14.1. The molecule has 4 heteroatoms. The molecule has 0 fully saturated rings. The molecule has 30 heavy (non-hydrogen) atoms. The number of benzene rings is 3. The van der Waals surface area contributed by atoms with E-state index in [-0.39, 0.29) is 0 Å². The van der Waals surface area contributed by atoms with Gasteiger partial charge in [-0.25, -0.2) is 0 Å². The van der Waals surface area contributed by atoms with Crippen LogP contribution < -0.4 is 19.9 Å². The minimum Gasteiger partial charge on any atom is -0.492 e. The second kappa shape index (κ2) is 7.88. The Morgan fingerprint density at radius 3 is 2.57 bits per heavy atom. The van der Waals surface area contributed by atoms with Crippen LogP contribution in [0.4, 0.5) is 0 Å². The highest BCUT2D eigenvalue weighted by atomic mass is 16.6. The van der Waals surface area contributed by atoms with Crippen molar-refractivity contribution < 1.29 is 14.2 Å². The van der Waals surface area contributed by atoms with Gasteiger partial charge in [0.05, 0.1) is 6.61 Å². The van der Waals surface area contributed by atoms with E-state index in [4.69, 9.17) is 19.9 Å². The molecule has 0 bridgehead atoms. The lowest BCUT2D eigenvalue weighted by atomic mass is 9.95. The van der Waals surface area contributed by atoms with E-state index in [9.17, 15) is 0 Å². The molecule has 2 heterocycles. The van der Waals surface area contributed by atoms with Gasteiger partial charge in [-0.2, -0.15) is 0 Å². The van der Waals surface area contributed by atoms with Gasteiger partial charge in [0.2, 0.25) is 0 Å². The molecule has 2 aliphatic rings. The van der Waals surface area contributed by atoms with Crippen molar-refractivity contribution in [1.82, 2.24) is 0 Å². The molecule has 0 saturated heterocycles. The largest absolute Gasteiger partial charge is 0.492 e. The molecule has 0 unspecified atom stereocenters. The number of fused-ring (bicyclic) bond motifs is 2. The molecule has 0 radical (unpaired) electrons. The van der Waals surface area contributed by atoms with Crippen LogP contribution in [0.5, 0.6) is 17.2 Å². The van der Waals surface area contributed by atoms with Crippen molar-refractivity contribution in [3.63, 3.8) is 0 Å². The summed E-state index contributed by atoms with van der Waals surface area (Å²) in [7, 11) is 0. The predicted octanol–water partition coefficient (Wildman–Crippen LogP) is 5.00. The Kier molecular flexibility index (Phi) is 4.93. The first-order chi connectivity index (χ1) is 14.7. The molecule has 0 saturated carbocycles. The Hall–Kier alpha value is -3.24. The maximum atomic E-state index is 5.89. The monoisotopic (exact) mass is 399 g/mol. The van der Waals surface area contributed by atoms with Gasteiger partial charge in [-0.1, -0.05) is 42.5 Å². The Bertz CT molecular complexity index is 1130. The van der Waals surface area contributed by atoms with E-state index in [2.05, 4.69) is 61.5 Å². The zero-order valence-corrected chi connectivity index (χ0v) is 17.1. The van der Waals surface area contributed by atoms with E-state index in [1.807, 2.05) is 6.07 Å². The molecule has 3 aromatic rings. The molecule has 0 atom stereocenters. The van der Waals surface area contributed by atoms with E-state index in [0.29, 0.717) is 19.8 Å². The molecule has 0 spiro atoms. The van der Waals surface area contributed by atoms with E-state index in [1.165, 1.54) is 22.3 Å². The fraction of sp³-hybridized carbons (Fsp3) is 0.231. The number of nitrogens with two attached hydrogens (primary N) is 1. The molecule has 3 aromatic carbocycles. The SMILES string of the molecule is Cc1c(/C=C/c2cc(CN)cc3c2OCC3)cccc1-c1ccc2c(c1)OCCO2. The summed E-state index contributed by atoms with van der Waals surface area (Å²) in [6.45, 7) is 4.62. The van der Waals surface area contributed by atoms with Crippen LogP contribution in [0.15, 0.2) is 48.5 Å². The molecule has 2 N–H and O–H groups in total. The van der Waals surface area contributed by atoms with Crippen molar-refractivity contribution in [2.75, 3.05) is 19.8 Å². The van der Waals surface area contributed by atoms with Crippen LogP contribution in [0.3, 0.4) is 0 Å².